The van der Waals surface area contributed by atoms with E-state index >= 15 is 0 Å². The average molecular weight is 427 g/mol. The number of carbonyl (C=O) groups excluding carboxylic acids is 2. The van der Waals surface area contributed by atoms with Gasteiger partial charge in [0.05, 0.1) is 6.54 Å². The standard InChI is InChI=1S/C24H30N2O5/c1-24(2)16-19-10-6-11-20(22(19)31-24)29-15-14-25-21(27)12-7-13-26-23(28)30-17-18-8-4-3-5-9-18/h3-6,8-11H,7,12-17H2,1-2H3,(H,25,27)(H,26,28). The molecule has 0 unspecified atom stereocenters. The van der Waals surface area contributed by atoms with E-state index in [0.29, 0.717) is 38.3 Å². The van der Waals surface area contributed by atoms with Gasteiger partial charge in [-0.15, -0.1) is 0 Å². The second-order valence-electron chi connectivity index (χ2n) is 8.07. The molecule has 1 aliphatic rings. The van der Waals surface area contributed by atoms with Crippen LogP contribution >= 0.6 is 0 Å². The molecule has 0 aliphatic carbocycles. The van der Waals surface area contributed by atoms with Gasteiger partial charge in [0, 0.05) is 24.9 Å². The van der Waals surface area contributed by atoms with Crippen LogP contribution in [0, 0.1) is 0 Å². The van der Waals surface area contributed by atoms with Crippen LogP contribution in [-0.2, 0) is 22.6 Å². The second-order valence-corrected chi connectivity index (χ2v) is 8.07. The van der Waals surface area contributed by atoms with Gasteiger partial charge in [-0.3, -0.25) is 4.79 Å². The number of rotatable bonds is 10. The Labute approximate surface area is 183 Å². The zero-order chi connectivity index (χ0) is 22.1. The van der Waals surface area contributed by atoms with Gasteiger partial charge in [0.1, 0.15) is 18.8 Å². The Morgan fingerprint density at radius 3 is 2.65 bits per heavy atom. The molecule has 0 atom stereocenters. The minimum Gasteiger partial charge on any atom is -0.488 e. The van der Waals surface area contributed by atoms with Crippen molar-refractivity contribution in [2.24, 2.45) is 0 Å². The van der Waals surface area contributed by atoms with Crippen molar-refractivity contribution in [2.45, 2.75) is 45.3 Å². The van der Waals surface area contributed by atoms with Crippen LogP contribution in [0.2, 0.25) is 0 Å². The third kappa shape index (κ3) is 7.20. The number of hydrogen-bond donors (Lipinski definition) is 2. The van der Waals surface area contributed by atoms with E-state index in [1.54, 1.807) is 0 Å². The van der Waals surface area contributed by atoms with Crippen molar-refractivity contribution < 1.29 is 23.8 Å². The highest BCUT2D eigenvalue weighted by atomic mass is 16.5. The lowest BCUT2D eigenvalue weighted by atomic mass is 10.0. The van der Waals surface area contributed by atoms with Gasteiger partial charge in [0.15, 0.2) is 11.5 Å². The quantitative estimate of drug-likeness (QED) is 0.567. The summed E-state index contributed by atoms with van der Waals surface area (Å²) in [4.78, 5) is 23.6. The van der Waals surface area contributed by atoms with Crippen LogP contribution in [0.25, 0.3) is 0 Å². The van der Waals surface area contributed by atoms with E-state index in [9.17, 15) is 9.59 Å². The molecule has 1 aliphatic heterocycles. The van der Waals surface area contributed by atoms with Gasteiger partial charge in [0.25, 0.3) is 0 Å². The van der Waals surface area contributed by atoms with E-state index < -0.39 is 6.09 Å². The smallest absolute Gasteiger partial charge is 0.407 e. The fourth-order valence-corrected chi connectivity index (χ4v) is 3.35. The third-order valence-electron chi connectivity index (χ3n) is 4.80. The minimum absolute atomic E-state index is 0.0845. The summed E-state index contributed by atoms with van der Waals surface area (Å²) in [6.07, 6.45) is 1.21. The lowest BCUT2D eigenvalue weighted by Gasteiger charge is -2.18. The first-order valence-corrected chi connectivity index (χ1v) is 10.6. The Morgan fingerprint density at radius 2 is 1.84 bits per heavy atom. The zero-order valence-electron chi connectivity index (χ0n) is 18.1. The number of fused-ring (bicyclic) bond motifs is 1. The van der Waals surface area contributed by atoms with Crippen LogP contribution in [0.15, 0.2) is 48.5 Å². The topological polar surface area (TPSA) is 85.9 Å². The molecule has 0 saturated heterocycles. The Hall–Kier alpha value is -3.22. The molecule has 2 aromatic carbocycles. The molecular weight excluding hydrogens is 396 g/mol. The molecule has 0 radical (unpaired) electrons. The number of carbonyl (C=O) groups is 2. The van der Waals surface area contributed by atoms with Gasteiger partial charge < -0.3 is 24.8 Å². The summed E-state index contributed by atoms with van der Waals surface area (Å²) in [7, 11) is 0. The molecule has 2 N–H and O–H groups in total. The number of benzene rings is 2. The summed E-state index contributed by atoms with van der Waals surface area (Å²) >= 11 is 0. The van der Waals surface area contributed by atoms with Gasteiger partial charge in [0.2, 0.25) is 5.91 Å². The third-order valence-corrected chi connectivity index (χ3v) is 4.80. The average Bonchev–Trinajstić information content (AvgIpc) is 3.08. The predicted molar refractivity (Wildman–Crippen MR) is 117 cm³/mol. The minimum atomic E-state index is -0.488. The van der Waals surface area contributed by atoms with Crippen LogP contribution in [0.3, 0.4) is 0 Å². The molecule has 3 rings (SSSR count). The highest BCUT2D eigenvalue weighted by Crippen LogP contribution is 2.41. The highest BCUT2D eigenvalue weighted by molar-refractivity contribution is 5.75. The van der Waals surface area contributed by atoms with Crippen LogP contribution in [0.1, 0.15) is 37.8 Å². The van der Waals surface area contributed by atoms with E-state index in [-0.39, 0.29) is 18.1 Å². The molecule has 0 aromatic heterocycles. The van der Waals surface area contributed by atoms with Crippen molar-refractivity contribution in [1.82, 2.24) is 10.6 Å². The Bertz CT molecular complexity index is 883. The maximum Gasteiger partial charge on any atom is 0.407 e. The molecule has 0 spiro atoms. The largest absolute Gasteiger partial charge is 0.488 e. The SMILES string of the molecule is CC1(C)Cc2cccc(OCCNC(=O)CCCNC(=O)OCc3ccccc3)c2O1. The number of para-hydroxylation sites is 1. The lowest BCUT2D eigenvalue weighted by molar-refractivity contribution is -0.121. The molecule has 0 saturated carbocycles. The highest BCUT2D eigenvalue weighted by Gasteiger charge is 2.32. The van der Waals surface area contributed by atoms with E-state index in [0.717, 1.165) is 23.3 Å². The molecule has 0 bridgehead atoms. The van der Waals surface area contributed by atoms with E-state index in [1.165, 1.54) is 0 Å². The van der Waals surface area contributed by atoms with Crippen molar-refractivity contribution in [3.63, 3.8) is 0 Å². The Kier molecular flexibility index (Phi) is 7.76. The van der Waals surface area contributed by atoms with Crippen LogP contribution in [0.4, 0.5) is 4.79 Å². The fourth-order valence-electron chi connectivity index (χ4n) is 3.35. The number of alkyl carbamates (subject to hydrolysis) is 1. The van der Waals surface area contributed by atoms with Gasteiger partial charge in [-0.25, -0.2) is 4.79 Å². The maximum atomic E-state index is 11.9. The summed E-state index contributed by atoms with van der Waals surface area (Å²) in [5.74, 6) is 1.42. The molecular formula is C24H30N2O5. The van der Waals surface area contributed by atoms with Crippen molar-refractivity contribution in [2.75, 3.05) is 19.7 Å². The van der Waals surface area contributed by atoms with Crippen molar-refractivity contribution in [3.8, 4) is 11.5 Å². The van der Waals surface area contributed by atoms with Gasteiger partial charge >= 0.3 is 6.09 Å². The Balaban J connectivity index is 1.25. The molecule has 31 heavy (non-hydrogen) atoms. The predicted octanol–water partition coefficient (Wildman–Crippen LogP) is 3.60. The van der Waals surface area contributed by atoms with Gasteiger partial charge in [-0.1, -0.05) is 42.5 Å². The lowest BCUT2D eigenvalue weighted by Crippen LogP contribution is -2.30. The first kappa shape index (κ1) is 22.5. The Morgan fingerprint density at radius 1 is 1.03 bits per heavy atom. The first-order chi connectivity index (χ1) is 14.9. The molecule has 0 fully saturated rings. The summed E-state index contributed by atoms with van der Waals surface area (Å²) in [5.41, 5.74) is 1.84. The summed E-state index contributed by atoms with van der Waals surface area (Å²) in [5, 5.41) is 5.47. The zero-order valence-corrected chi connectivity index (χ0v) is 18.1. The summed E-state index contributed by atoms with van der Waals surface area (Å²) in [6.45, 7) is 5.46. The number of ether oxygens (including phenoxy) is 3. The monoisotopic (exact) mass is 426 g/mol. The van der Waals surface area contributed by atoms with E-state index in [1.807, 2.05) is 48.5 Å². The maximum absolute atomic E-state index is 11.9. The van der Waals surface area contributed by atoms with Gasteiger partial charge in [-0.05, 0) is 31.9 Å². The number of amides is 2. The van der Waals surface area contributed by atoms with Crippen molar-refractivity contribution in [3.05, 3.63) is 59.7 Å². The normalized spacial score (nSPS) is 13.6. The van der Waals surface area contributed by atoms with Crippen LogP contribution in [-0.4, -0.2) is 37.3 Å². The molecule has 166 valence electrons. The summed E-state index contributed by atoms with van der Waals surface area (Å²) in [6, 6.07) is 15.3. The second kappa shape index (κ2) is 10.7. The molecule has 7 heteroatoms. The molecule has 2 aromatic rings. The molecule has 7 nitrogen and oxygen atoms in total. The van der Waals surface area contributed by atoms with Crippen molar-refractivity contribution in [1.29, 1.82) is 0 Å². The van der Waals surface area contributed by atoms with Crippen LogP contribution in [0.5, 0.6) is 11.5 Å². The fraction of sp³-hybridized carbons (Fsp3) is 0.417. The van der Waals surface area contributed by atoms with Gasteiger partial charge in [-0.2, -0.15) is 0 Å². The van der Waals surface area contributed by atoms with Crippen molar-refractivity contribution >= 4 is 12.0 Å². The molecule has 1 heterocycles. The van der Waals surface area contributed by atoms with E-state index in [2.05, 4.69) is 24.5 Å². The summed E-state index contributed by atoms with van der Waals surface area (Å²) < 4.78 is 16.9. The van der Waals surface area contributed by atoms with E-state index in [4.69, 9.17) is 14.2 Å². The number of nitrogens with one attached hydrogen (secondary N) is 2. The van der Waals surface area contributed by atoms with Crippen LogP contribution < -0.4 is 20.1 Å². The first-order valence-electron chi connectivity index (χ1n) is 10.6. The molecule has 2 amide bonds. The number of hydrogen-bond acceptors (Lipinski definition) is 5.